The van der Waals surface area contributed by atoms with Crippen molar-refractivity contribution in [2.45, 2.75) is 12.5 Å². The Kier molecular flexibility index (Phi) is 3.08. The largest absolute Gasteiger partial charge is 0.480 e. The highest BCUT2D eigenvalue weighted by Crippen LogP contribution is 2.01. The van der Waals surface area contributed by atoms with Gasteiger partial charge in [0.2, 0.25) is 6.41 Å². The SMILES string of the molecule is O=CNC(Cc1cc[nH]c1)C(=O)O. The molecule has 1 aromatic heterocycles. The summed E-state index contributed by atoms with van der Waals surface area (Å²) in [6.45, 7) is 0. The lowest BCUT2D eigenvalue weighted by Crippen LogP contribution is -2.37. The van der Waals surface area contributed by atoms with Crippen molar-refractivity contribution in [2.24, 2.45) is 0 Å². The first-order valence-electron chi connectivity index (χ1n) is 3.78. The molecule has 5 heteroatoms. The molecule has 0 aliphatic heterocycles. The molecule has 0 aromatic carbocycles. The average molecular weight is 182 g/mol. The van der Waals surface area contributed by atoms with E-state index in [9.17, 15) is 9.59 Å². The van der Waals surface area contributed by atoms with E-state index in [0.717, 1.165) is 5.56 Å². The van der Waals surface area contributed by atoms with Crippen LogP contribution < -0.4 is 5.32 Å². The summed E-state index contributed by atoms with van der Waals surface area (Å²) in [6.07, 6.45) is 4.08. The van der Waals surface area contributed by atoms with Gasteiger partial charge in [0.25, 0.3) is 0 Å². The van der Waals surface area contributed by atoms with Crippen molar-refractivity contribution < 1.29 is 14.7 Å². The molecule has 0 aliphatic carbocycles. The van der Waals surface area contributed by atoms with Gasteiger partial charge >= 0.3 is 5.97 Å². The van der Waals surface area contributed by atoms with Crippen LogP contribution in [0.5, 0.6) is 0 Å². The fourth-order valence-corrected chi connectivity index (χ4v) is 1.02. The Hall–Kier alpha value is -1.78. The van der Waals surface area contributed by atoms with Gasteiger partial charge in [-0.15, -0.1) is 0 Å². The minimum atomic E-state index is -1.03. The van der Waals surface area contributed by atoms with Gasteiger partial charge in [-0.3, -0.25) is 4.79 Å². The summed E-state index contributed by atoms with van der Waals surface area (Å²) >= 11 is 0. The zero-order valence-electron chi connectivity index (χ0n) is 6.86. The van der Waals surface area contributed by atoms with Gasteiger partial charge in [-0.25, -0.2) is 4.79 Å². The van der Waals surface area contributed by atoms with Crippen LogP contribution in [0, 0.1) is 0 Å². The summed E-state index contributed by atoms with van der Waals surface area (Å²) in [5.74, 6) is -1.03. The van der Waals surface area contributed by atoms with Crippen molar-refractivity contribution in [3.05, 3.63) is 24.0 Å². The fraction of sp³-hybridized carbons (Fsp3) is 0.250. The predicted octanol–water partition coefficient (Wildman–Crippen LogP) is -0.244. The Morgan fingerprint density at radius 2 is 2.54 bits per heavy atom. The highest BCUT2D eigenvalue weighted by atomic mass is 16.4. The number of rotatable bonds is 5. The van der Waals surface area contributed by atoms with Gasteiger partial charge in [-0.1, -0.05) is 0 Å². The van der Waals surface area contributed by atoms with E-state index in [4.69, 9.17) is 5.11 Å². The molecule has 1 atom stereocenters. The van der Waals surface area contributed by atoms with Crippen LogP contribution in [-0.4, -0.2) is 28.5 Å². The molecule has 3 N–H and O–H groups in total. The Labute approximate surface area is 74.8 Å². The minimum absolute atomic E-state index is 0.289. The molecule has 13 heavy (non-hydrogen) atoms. The lowest BCUT2D eigenvalue weighted by atomic mass is 10.1. The van der Waals surface area contributed by atoms with Crippen molar-refractivity contribution in [3.63, 3.8) is 0 Å². The molecule has 1 heterocycles. The average Bonchev–Trinajstić information content (AvgIpc) is 2.56. The smallest absolute Gasteiger partial charge is 0.326 e. The minimum Gasteiger partial charge on any atom is -0.480 e. The molecule has 0 spiro atoms. The molecular weight excluding hydrogens is 172 g/mol. The highest BCUT2D eigenvalue weighted by molar-refractivity contribution is 5.76. The number of carboxylic acid groups (broad SMARTS) is 1. The van der Waals surface area contributed by atoms with Gasteiger partial charge in [0, 0.05) is 18.8 Å². The van der Waals surface area contributed by atoms with Gasteiger partial charge < -0.3 is 15.4 Å². The first-order valence-corrected chi connectivity index (χ1v) is 3.78. The maximum Gasteiger partial charge on any atom is 0.326 e. The van der Waals surface area contributed by atoms with Crippen LogP contribution >= 0.6 is 0 Å². The monoisotopic (exact) mass is 182 g/mol. The molecule has 0 saturated carbocycles. The topological polar surface area (TPSA) is 82.2 Å². The number of amides is 1. The summed E-state index contributed by atoms with van der Waals surface area (Å²) in [4.78, 5) is 23.5. The Morgan fingerprint density at radius 1 is 1.77 bits per heavy atom. The van der Waals surface area contributed by atoms with Gasteiger partial charge in [-0.2, -0.15) is 0 Å². The molecule has 0 aliphatic rings. The number of hydrogen-bond acceptors (Lipinski definition) is 2. The van der Waals surface area contributed by atoms with Crippen molar-refractivity contribution >= 4 is 12.4 Å². The molecule has 1 aromatic rings. The quantitative estimate of drug-likeness (QED) is 0.549. The van der Waals surface area contributed by atoms with E-state index in [2.05, 4.69) is 10.3 Å². The fourth-order valence-electron chi connectivity index (χ4n) is 1.02. The normalized spacial score (nSPS) is 12.0. The number of carboxylic acids is 1. The zero-order valence-corrected chi connectivity index (χ0v) is 6.86. The molecule has 0 bridgehead atoms. The molecule has 1 unspecified atom stereocenters. The number of aromatic amines is 1. The van der Waals surface area contributed by atoms with Gasteiger partial charge in [0.05, 0.1) is 0 Å². The second kappa shape index (κ2) is 4.30. The lowest BCUT2D eigenvalue weighted by Gasteiger charge is -2.08. The van der Waals surface area contributed by atoms with E-state index in [0.29, 0.717) is 6.41 Å². The number of aromatic nitrogens is 1. The number of aliphatic carboxylic acids is 1. The number of nitrogens with one attached hydrogen (secondary N) is 2. The second-order valence-electron chi connectivity index (χ2n) is 2.60. The van der Waals surface area contributed by atoms with E-state index in [1.54, 1.807) is 18.5 Å². The van der Waals surface area contributed by atoms with Crippen LogP contribution in [0.25, 0.3) is 0 Å². The van der Waals surface area contributed by atoms with Crippen LogP contribution in [0.15, 0.2) is 18.5 Å². The van der Waals surface area contributed by atoms with Crippen LogP contribution in [0.3, 0.4) is 0 Å². The first-order chi connectivity index (χ1) is 6.24. The van der Waals surface area contributed by atoms with Crippen molar-refractivity contribution in [3.8, 4) is 0 Å². The summed E-state index contributed by atoms with van der Waals surface area (Å²) in [6, 6.07) is 0.913. The molecule has 1 rings (SSSR count). The third kappa shape index (κ3) is 2.62. The van der Waals surface area contributed by atoms with Crippen LogP contribution in [-0.2, 0) is 16.0 Å². The van der Waals surface area contributed by atoms with Gasteiger partial charge in [-0.05, 0) is 11.6 Å². The van der Waals surface area contributed by atoms with Crippen molar-refractivity contribution in [2.75, 3.05) is 0 Å². The Bertz CT molecular complexity index is 282. The molecular formula is C8H10N2O3. The van der Waals surface area contributed by atoms with Gasteiger partial charge in [0.15, 0.2) is 0 Å². The number of carbonyl (C=O) groups excluding carboxylic acids is 1. The maximum absolute atomic E-state index is 10.6. The van der Waals surface area contributed by atoms with E-state index in [1.807, 2.05) is 0 Å². The number of carbonyl (C=O) groups is 2. The Morgan fingerprint density at radius 3 is 3.00 bits per heavy atom. The Balaban J connectivity index is 2.57. The van der Waals surface area contributed by atoms with Crippen LogP contribution in [0.2, 0.25) is 0 Å². The molecule has 1 amide bonds. The van der Waals surface area contributed by atoms with E-state index in [1.165, 1.54) is 0 Å². The van der Waals surface area contributed by atoms with Crippen LogP contribution in [0.4, 0.5) is 0 Å². The predicted molar refractivity (Wildman–Crippen MR) is 45.1 cm³/mol. The lowest BCUT2D eigenvalue weighted by molar-refractivity contribution is -0.140. The van der Waals surface area contributed by atoms with Gasteiger partial charge in [0.1, 0.15) is 6.04 Å². The molecule has 0 saturated heterocycles. The summed E-state index contributed by atoms with van der Waals surface area (Å²) in [7, 11) is 0. The second-order valence-corrected chi connectivity index (χ2v) is 2.60. The van der Waals surface area contributed by atoms with Crippen molar-refractivity contribution in [1.82, 2.24) is 10.3 Å². The number of H-pyrrole nitrogens is 1. The summed E-state index contributed by atoms with van der Waals surface area (Å²) in [5, 5.41) is 10.9. The zero-order chi connectivity index (χ0) is 9.68. The highest BCUT2D eigenvalue weighted by Gasteiger charge is 2.16. The third-order valence-electron chi connectivity index (χ3n) is 1.67. The molecule has 5 nitrogen and oxygen atoms in total. The molecule has 70 valence electrons. The summed E-state index contributed by atoms with van der Waals surface area (Å²) in [5.41, 5.74) is 0.849. The third-order valence-corrected chi connectivity index (χ3v) is 1.67. The van der Waals surface area contributed by atoms with E-state index >= 15 is 0 Å². The first kappa shape index (κ1) is 9.31. The standard InChI is InChI=1S/C8H10N2O3/c11-5-10-7(8(12)13)3-6-1-2-9-4-6/h1-2,4-5,7,9H,3H2,(H,10,11)(H,12,13). The number of hydrogen-bond donors (Lipinski definition) is 3. The van der Waals surface area contributed by atoms with E-state index < -0.39 is 12.0 Å². The summed E-state index contributed by atoms with van der Waals surface area (Å²) < 4.78 is 0. The molecule has 0 radical (unpaired) electrons. The van der Waals surface area contributed by atoms with Crippen molar-refractivity contribution in [1.29, 1.82) is 0 Å². The van der Waals surface area contributed by atoms with E-state index in [-0.39, 0.29) is 6.42 Å². The maximum atomic E-state index is 10.6. The molecule has 0 fully saturated rings. The van der Waals surface area contributed by atoms with Crippen LogP contribution in [0.1, 0.15) is 5.56 Å².